The van der Waals surface area contributed by atoms with Crippen molar-refractivity contribution in [3.63, 3.8) is 0 Å². The van der Waals surface area contributed by atoms with Crippen molar-refractivity contribution in [2.75, 3.05) is 11.5 Å². The number of H-pyrrole nitrogens is 1. The molecule has 2 aromatic rings. The van der Waals surface area contributed by atoms with Crippen molar-refractivity contribution in [1.82, 2.24) is 9.97 Å². The van der Waals surface area contributed by atoms with Gasteiger partial charge in [0.25, 0.3) is 0 Å². The van der Waals surface area contributed by atoms with Crippen LogP contribution in [0.4, 0.5) is 10.9 Å². The molecule has 0 aliphatic carbocycles. The standard InChI is InChI=1S/C5H6N4S/c6-4-3-2(1-10-4)8-5(7)9-3/h1H,6H2,(H3,7,8,9). The van der Waals surface area contributed by atoms with Gasteiger partial charge in [0.15, 0.2) is 5.95 Å². The maximum atomic E-state index is 5.57. The Hall–Kier alpha value is -1.23. The number of thiophene rings is 1. The molecule has 5 N–H and O–H groups in total. The first-order chi connectivity index (χ1) is 4.77. The van der Waals surface area contributed by atoms with E-state index in [1.807, 2.05) is 5.38 Å². The van der Waals surface area contributed by atoms with Gasteiger partial charge >= 0.3 is 0 Å². The van der Waals surface area contributed by atoms with E-state index in [1.165, 1.54) is 11.3 Å². The molecule has 0 unspecified atom stereocenters. The maximum absolute atomic E-state index is 5.57. The SMILES string of the molecule is Nc1nc2c(N)scc2[nH]1. The molecule has 0 saturated carbocycles. The molecule has 5 heteroatoms. The topological polar surface area (TPSA) is 80.7 Å². The highest BCUT2D eigenvalue weighted by Gasteiger charge is 2.03. The fraction of sp³-hybridized carbons (Fsp3) is 0. The average Bonchev–Trinajstić information content (AvgIpc) is 2.35. The van der Waals surface area contributed by atoms with E-state index in [1.54, 1.807) is 0 Å². The molecule has 0 atom stereocenters. The number of nitrogens with zero attached hydrogens (tertiary/aromatic N) is 1. The highest BCUT2D eigenvalue weighted by molar-refractivity contribution is 7.15. The highest BCUT2D eigenvalue weighted by atomic mass is 32.1. The van der Waals surface area contributed by atoms with Gasteiger partial charge in [-0.2, -0.15) is 0 Å². The molecule has 0 fully saturated rings. The van der Waals surface area contributed by atoms with Crippen LogP contribution in [-0.2, 0) is 0 Å². The third-order valence-corrected chi connectivity index (χ3v) is 2.09. The normalized spacial score (nSPS) is 10.8. The van der Waals surface area contributed by atoms with Crippen LogP contribution >= 0.6 is 11.3 Å². The van der Waals surface area contributed by atoms with Crippen LogP contribution in [0.1, 0.15) is 0 Å². The minimum Gasteiger partial charge on any atom is -0.389 e. The second kappa shape index (κ2) is 1.63. The van der Waals surface area contributed by atoms with Crippen molar-refractivity contribution in [2.24, 2.45) is 0 Å². The molecule has 0 radical (unpaired) electrons. The first-order valence-electron chi connectivity index (χ1n) is 2.75. The largest absolute Gasteiger partial charge is 0.389 e. The number of hydrogen-bond donors (Lipinski definition) is 3. The molecular formula is C5H6N4S. The molecular weight excluding hydrogens is 148 g/mol. The van der Waals surface area contributed by atoms with E-state index < -0.39 is 0 Å². The van der Waals surface area contributed by atoms with Gasteiger partial charge in [-0.1, -0.05) is 0 Å². The second-order valence-electron chi connectivity index (χ2n) is 1.98. The Morgan fingerprint density at radius 1 is 1.50 bits per heavy atom. The van der Waals surface area contributed by atoms with Crippen LogP contribution in [-0.4, -0.2) is 9.97 Å². The van der Waals surface area contributed by atoms with Crippen molar-refractivity contribution in [2.45, 2.75) is 0 Å². The molecule has 0 aliphatic heterocycles. The van der Waals surface area contributed by atoms with Gasteiger partial charge in [-0.25, -0.2) is 4.98 Å². The Kier molecular flexibility index (Phi) is 0.906. The van der Waals surface area contributed by atoms with E-state index in [4.69, 9.17) is 11.5 Å². The summed E-state index contributed by atoms with van der Waals surface area (Å²) in [7, 11) is 0. The Morgan fingerprint density at radius 3 is 3.00 bits per heavy atom. The monoisotopic (exact) mass is 154 g/mol. The molecule has 0 spiro atoms. The van der Waals surface area contributed by atoms with E-state index in [9.17, 15) is 0 Å². The summed E-state index contributed by atoms with van der Waals surface area (Å²) in [5.41, 5.74) is 12.7. The van der Waals surface area contributed by atoms with Crippen LogP contribution < -0.4 is 11.5 Å². The fourth-order valence-corrected chi connectivity index (χ4v) is 1.54. The zero-order valence-corrected chi connectivity index (χ0v) is 5.90. The first-order valence-corrected chi connectivity index (χ1v) is 3.63. The highest BCUT2D eigenvalue weighted by Crippen LogP contribution is 2.25. The van der Waals surface area contributed by atoms with Crippen molar-refractivity contribution < 1.29 is 0 Å². The summed E-state index contributed by atoms with van der Waals surface area (Å²) in [6, 6.07) is 0. The quantitative estimate of drug-likeness (QED) is 0.524. The molecule has 2 heterocycles. The van der Waals surface area contributed by atoms with E-state index in [0.717, 1.165) is 11.0 Å². The van der Waals surface area contributed by atoms with E-state index >= 15 is 0 Å². The van der Waals surface area contributed by atoms with Gasteiger partial charge < -0.3 is 16.5 Å². The minimum absolute atomic E-state index is 0.421. The van der Waals surface area contributed by atoms with Crippen molar-refractivity contribution in [1.29, 1.82) is 0 Å². The molecule has 0 bridgehead atoms. The van der Waals surface area contributed by atoms with Crippen LogP contribution in [0.5, 0.6) is 0 Å². The van der Waals surface area contributed by atoms with Crippen molar-refractivity contribution in [3.8, 4) is 0 Å². The van der Waals surface area contributed by atoms with Gasteiger partial charge in [0, 0.05) is 5.38 Å². The van der Waals surface area contributed by atoms with Gasteiger partial charge in [-0.05, 0) is 0 Å². The molecule has 0 aromatic carbocycles. The Bertz CT molecular complexity index is 360. The summed E-state index contributed by atoms with van der Waals surface area (Å²) >= 11 is 1.46. The first kappa shape index (κ1) is 5.55. The number of aromatic amines is 1. The lowest BCUT2D eigenvalue weighted by Gasteiger charge is -1.78. The molecule has 2 aromatic heterocycles. The Balaban J connectivity index is 2.90. The maximum Gasteiger partial charge on any atom is 0.198 e. The predicted octanol–water partition coefficient (Wildman–Crippen LogP) is 0.789. The lowest BCUT2D eigenvalue weighted by molar-refractivity contribution is 1.35. The van der Waals surface area contributed by atoms with Crippen molar-refractivity contribution >= 4 is 33.3 Å². The minimum atomic E-state index is 0.421. The van der Waals surface area contributed by atoms with Crippen LogP contribution in [0, 0.1) is 0 Å². The van der Waals surface area contributed by atoms with Gasteiger partial charge in [-0.3, -0.25) is 0 Å². The molecule has 0 amide bonds. The third-order valence-electron chi connectivity index (χ3n) is 1.29. The summed E-state index contributed by atoms with van der Waals surface area (Å²) < 4.78 is 0. The molecule has 0 aliphatic rings. The third kappa shape index (κ3) is 0.577. The number of fused-ring (bicyclic) bond motifs is 1. The number of nitrogen functional groups attached to an aromatic ring is 2. The molecule has 10 heavy (non-hydrogen) atoms. The zero-order chi connectivity index (χ0) is 7.14. The van der Waals surface area contributed by atoms with E-state index in [0.29, 0.717) is 10.9 Å². The summed E-state index contributed by atoms with van der Waals surface area (Å²) in [6.45, 7) is 0. The molecule has 4 nitrogen and oxygen atoms in total. The van der Waals surface area contributed by atoms with Crippen molar-refractivity contribution in [3.05, 3.63) is 5.38 Å². The molecule has 0 saturated heterocycles. The summed E-state index contributed by atoms with van der Waals surface area (Å²) in [5, 5.41) is 2.61. The van der Waals surface area contributed by atoms with E-state index in [-0.39, 0.29) is 0 Å². The number of aromatic nitrogens is 2. The Labute approximate surface area is 60.9 Å². The lowest BCUT2D eigenvalue weighted by atomic mass is 10.5. The average molecular weight is 154 g/mol. The predicted molar refractivity (Wildman–Crippen MR) is 42.8 cm³/mol. The lowest BCUT2D eigenvalue weighted by Crippen LogP contribution is -1.85. The number of anilines is 2. The smallest absolute Gasteiger partial charge is 0.198 e. The van der Waals surface area contributed by atoms with Crippen LogP contribution in [0.25, 0.3) is 11.0 Å². The molecule has 52 valence electrons. The summed E-state index contributed by atoms with van der Waals surface area (Å²) in [5.74, 6) is 0.421. The van der Waals surface area contributed by atoms with E-state index in [2.05, 4.69) is 9.97 Å². The number of rotatable bonds is 0. The summed E-state index contributed by atoms with van der Waals surface area (Å²) in [4.78, 5) is 6.86. The number of imidazole rings is 1. The summed E-state index contributed by atoms with van der Waals surface area (Å²) in [6.07, 6.45) is 0. The van der Waals surface area contributed by atoms with Crippen LogP contribution in [0.3, 0.4) is 0 Å². The van der Waals surface area contributed by atoms with Gasteiger partial charge in [0.1, 0.15) is 10.5 Å². The fourth-order valence-electron chi connectivity index (χ4n) is 0.857. The van der Waals surface area contributed by atoms with Crippen LogP contribution in [0.15, 0.2) is 5.38 Å². The molecule has 2 rings (SSSR count). The van der Waals surface area contributed by atoms with Gasteiger partial charge in [0.2, 0.25) is 0 Å². The second-order valence-corrected chi connectivity index (χ2v) is 2.90. The van der Waals surface area contributed by atoms with Crippen LogP contribution in [0.2, 0.25) is 0 Å². The van der Waals surface area contributed by atoms with Gasteiger partial charge in [-0.15, -0.1) is 11.3 Å². The van der Waals surface area contributed by atoms with Gasteiger partial charge in [0.05, 0.1) is 5.52 Å². The zero-order valence-electron chi connectivity index (χ0n) is 5.09. The number of nitrogens with one attached hydrogen (secondary N) is 1. The Morgan fingerprint density at radius 2 is 2.30 bits per heavy atom. The number of hydrogen-bond acceptors (Lipinski definition) is 4. The number of nitrogens with two attached hydrogens (primary N) is 2.